The van der Waals surface area contributed by atoms with Crippen LogP contribution < -0.4 is 10.1 Å². The fourth-order valence-electron chi connectivity index (χ4n) is 1.86. The van der Waals surface area contributed by atoms with Crippen LogP contribution in [0.25, 0.3) is 0 Å². The van der Waals surface area contributed by atoms with E-state index in [2.05, 4.69) is 5.32 Å². The van der Waals surface area contributed by atoms with E-state index in [9.17, 15) is 0 Å². The van der Waals surface area contributed by atoms with E-state index in [1.165, 1.54) is 5.56 Å². The van der Waals surface area contributed by atoms with E-state index in [-0.39, 0.29) is 0 Å². The van der Waals surface area contributed by atoms with Gasteiger partial charge in [-0.15, -0.1) is 0 Å². The predicted molar refractivity (Wildman–Crippen MR) is 64.4 cm³/mol. The average molecular weight is 242 g/mol. The van der Waals surface area contributed by atoms with Gasteiger partial charge in [-0.3, -0.25) is 0 Å². The fraction of sp³-hybridized carbons (Fsp3) is 0.500. The van der Waals surface area contributed by atoms with Gasteiger partial charge in [0, 0.05) is 19.0 Å². The van der Waals surface area contributed by atoms with Gasteiger partial charge in [0.2, 0.25) is 0 Å². The Kier molecular flexibility index (Phi) is 4.04. The monoisotopic (exact) mass is 241 g/mol. The van der Waals surface area contributed by atoms with Crippen molar-refractivity contribution in [3.05, 3.63) is 28.8 Å². The lowest BCUT2D eigenvalue weighted by atomic mass is 10.00. The number of halogens is 1. The smallest absolute Gasteiger partial charge is 0.137 e. The summed E-state index contributed by atoms with van der Waals surface area (Å²) in [6, 6.07) is 5.91. The van der Waals surface area contributed by atoms with Gasteiger partial charge in [-0.05, 0) is 17.7 Å². The predicted octanol–water partition coefficient (Wildman–Crippen LogP) is 2.05. The zero-order valence-electron chi connectivity index (χ0n) is 9.33. The molecule has 1 heterocycles. The SMILES string of the molecule is COc1ccc(C2CNCCOC2)cc1Cl. The molecule has 0 amide bonds. The molecule has 16 heavy (non-hydrogen) atoms. The summed E-state index contributed by atoms with van der Waals surface area (Å²) in [6.07, 6.45) is 0. The average Bonchev–Trinajstić information content (AvgIpc) is 2.57. The van der Waals surface area contributed by atoms with Crippen molar-refractivity contribution in [3.63, 3.8) is 0 Å². The number of rotatable bonds is 2. The van der Waals surface area contributed by atoms with Gasteiger partial charge < -0.3 is 14.8 Å². The van der Waals surface area contributed by atoms with Crippen LogP contribution in [-0.4, -0.2) is 33.4 Å². The first-order chi connectivity index (χ1) is 7.81. The van der Waals surface area contributed by atoms with E-state index in [0.29, 0.717) is 16.7 Å². The van der Waals surface area contributed by atoms with Crippen LogP contribution in [0.15, 0.2) is 18.2 Å². The van der Waals surface area contributed by atoms with Crippen molar-refractivity contribution in [1.29, 1.82) is 0 Å². The van der Waals surface area contributed by atoms with Crippen LogP contribution in [-0.2, 0) is 4.74 Å². The number of hydrogen-bond donors (Lipinski definition) is 1. The van der Waals surface area contributed by atoms with Gasteiger partial charge in [-0.1, -0.05) is 17.7 Å². The molecule has 2 rings (SSSR count). The molecule has 1 saturated heterocycles. The van der Waals surface area contributed by atoms with Gasteiger partial charge >= 0.3 is 0 Å². The minimum atomic E-state index is 0.367. The minimum Gasteiger partial charge on any atom is -0.495 e. The first-order valence-electron chi connectivity index (χ1n) is 5.43. The molecule has 88 valence electrons. The summed E-state index contributed by atoms with van der Waals surface area (Å²) in [4.78, 5) is 0. The molecule has 1 atom stereocenters. The molecule has 0 spiro atoms. The molecule has 1 unspecified atom stereocenters. The van der Waals surface area contributed by atoms with Crippen molar-refractivity contribution in [2.24, 2.45) is 0 Å². The second-order valence-electron chi connectivity index (χ2n) is 3.87. The van der Waals surface area contributed by atoms with Gasteiger partial charge in [0.15, 0.2) is 0 Å². The highest BCUT2D eigenvalue weighted by Gasteiger charge is 2.15. The Balaban J connectivity index is 2.16. The van der Waals surface area contributed by atoms with Crippen LogP contribution in [0.2, 0.25) is 5.02 Å². The zero-order chi connectivity index (χ0) is 11.4. The second-order valence-corrected chi connectivity index (χ2v) is 4.28. The highest BCUT2D eigenvalue weighted by molar-refractivity contribution is 6.32. The lowest BCUT2D eigenvalue weighted by Crippen LogP contribution is -2.21. The van der Waals surface area contributed by atoms with E-state index in [4.69, 9.17) is 21.1 Å². The Bertz CT molecular complexity index is 349. The Labute approximate surface area is 101 Å². The maximum atomic E-state index is 6.10. The van der Waals surface area contributed by atoms with E-state index in [1.54, 1.807) is 7.11 Å². The summed E-state index contributed by atoms with van der Waals surface area (Å²) in [5.74, 6) is 1.08. The van der Waals surface area contributed by atoms with Crippen LogP contribution >= 0.6 is 11.6 Å². The summed E-state index contributed by atoms with van der Waals surface area (Å²) in [5.41, 5.74) is 1.19. The Morgan fingerprint density at radius 1 is 1.50 bits per heavy atom. The second kappa shape index (κ2) is 5.53. The van der Waals surface area contributed by atoms with E-state index >= 15 is 0 Å². The quantitative estimate of drug-likeness (QED) is 0.860. The minimum absolute atomic E-state index is 0.367. The molecule has 3 nitrogen and oxygen atoms in total. The lowest BCUT2D eigenvalue weighted by Gasteiger charge is -2.15. The molecular weight excluding hydrogens is 226 g/mol. The molecule has 4 heteroatoms. The van der Waals surface area contributed by atoms with Crippen molar-refractivity contribution in [3.8, 4) is 5.75 Å². The van der Waals surface area contributed by atoms with Gasteiger partial charge in [0.25, 0.3) is 0 Å². The van der Waals surface area contributed by atoms with Crippen molar-refractivity contribution < 1.29 is 9.47 Å². The lowest BCUT2D eigenvalue weighted by molar-refractivity contribution is 0.141. The standard InChI is InChI=1S/C12H16ClNO2/c1-15-12-3-2-9(6-11(12)13)10-7-14-4-5-16-8-10/h2-3,6,10,14H,4-5,7-8H2,1H3. The molecule has 1 aliphatic rings. The van der Waals surface area contributed by atoms with Crippen LogP contribution in [0.4, 0.5) is 0 Å². The molecule has 1 aromatic carbocycles. The van der Waals surface area contributed by atoms with Gasteiger partial charge in [-0.25, -0.2) is 0 Å². The normalized spacial score (nSPS) is 21.5. The molecule has 0 radical (unpaired) electrons. The molecule has 1 N–H and O–H groups in total. The maximum Gasteiger partial charge on any atom is 0.137 e. The van der Waals surface area contributed by atoms with Gasteiger partial charge in [-0.2, -0.15) is 0 Å². The summed E-state index contributed by atoms with van der Waals surface area (Å²) in [6.45, 7) is 3.37. The first-order valence-corrected chi connectivity index (χ1v) is 5.81. The number of nitrogens with one attached hydrogen (secondary N) is 1. The van der Waals surface area contributed by atoms with Gasteiger partial charge in [0.1, 0.15) is 5.75 Å². The molecule has 0 saturated carbocycles. The molecular formula is C12H16ClNO2. The van der Waals surface area contributed by atoms with Crippen LogP contribution in [0, 0.1) is 0 Å². The molecule has 1 fully saturated rings. The fourth-order valence-corrected chi connectivity index (χ4v) is 2.12. The third-order valence-corrected chi connectivity index (χ3v) is 3.08. The molecule has 0 aliphatic carbocycles. The Hall–Kier alpha value is -0.770. The third-order valence-electron chi connectivity index (χ3n) is 2.78. The number of methoxy groups -OCH3 is 1. The van der Waals surface area contributed by atoms with Crippen molar-refractivity contribution in [1.82, 2.24) is 5.32 Å². The maximum absolute atomic E-state index is 6.10. The van der Waals surface area contributed by atoms with Crippen molar-refractivity contribution in [2.75, 3.05) is 33.4 Å². The largest absolute Gasteiger partial charge is 0.495 e. The number of ether oxygens (including phenoxy) is 2. The van der Waals surface area contributed by atoms with Crippen LogP contribution in [0.1, 0.15) is 11.5 Å². The molecule has 0 aromatic heterocycles. The van der Waals surface area contributed by atoms with Crippen LogP contribution in [0.5, 0.6) is 5.75 Å². The summed E-state index contributed by atoms with van der Waals surface area (Å²) >= 11 is 6.10. The third kappa shape index (κ3) is 2.67. The number of benzene rings is 1. The Morgan fingerprint density at radius 2 is 2.38 bits per heavy atom. The molecule has 1 aromatic rings. The van der Waals surface area contributed by atoms with Crippen LogP contribution in [0.3, 0.4) is 0 Å². The Morgan fingerprint density at radius 3 is 3.12 bits per heavy atom. The first kappa shape index (κ1) is 11.7. The van der Waals surface area contributed by atoms with E-state index < -0.39 is 0 Å². The molecule has 0 bridgehead atoms. The van der Waals surface area contributed by atoms with Gasteiger partial charge in [0.05, 0.1) is 25.3 Å². The summed E-state index contributed by atoms with van der Waals surface area (Å²) in [5, 5.41) is 4.00. The molecule has 1 aliphatic heterocycles. The van der Waals surface area contributed by atoms with E-state index in [1.807, 2.05) is 18.2 Å². The summed E-state index contributed by atoms with van der Waals surface area (Å²) < 4.78 is 10.7. The van der Waals surface area contributed by atoms with E-state index in [0.717, 1.165) is 26.3 Å². The summed E-state index contributed by atoms with van der Waals surface area (Å²) in [7, 11) is 1.62. The topological polar surface area (TPSA) is 30.5 Å². The highest BCUT2D eigenvalue weighted by Crippen LogP contribution is 2.28. The van der Waals surface area contributed by atoms with Crippen molar-refractivity contribution >= 4 is 11.6 Å². The zero-order valence-corrected chi connectivity index (χ0v) is 10.1. The number of hydrogen-bond acceptors (Lipinski definition) is 3. The highest BCUT2D eigenvalue weighted by atomic mass is 35.5. The van der Waals surface area contributed by atoms with Crippen molar-refractivity contribution in [2.45, 2.75) is 5.92 Å².